The van der Waals surface area contributed by atoms with Gasteiger partial charge in [-0.25, -0.2) is 4.68 Å². The zero-order valence-corrected chi connectivity index (χ0v) is 16.6. The second kappa shape index (κ2) is 7.34. The Bertz CT molecular complexity index is 1150. The largest absolute Gasteiger partial charge is 0.251 e. The fraction of sp³-hybridized carbons (Fsp3) is 0.136. The lowest BCUT2D eigenvalue weighted by Gasteiger charge is -2.18. The summed E-state index contributed by atoms with van der Waals surface area (Å²) in [5.74, 6) is 0. The molecule has 1 aliphatic carbocycles. The Labute approximate surface area is 172 Å². The van der Waals surface area contributed by atoms with Gasteiger partial charge in [0.05, 0.1) is 34.0 Å². The van der Waals surface area contributed by atoms with Gasteiger partial charge in [0.2, 0.25) is 0 Å². The normalized spacial score (nSPS) is 13.6. The summed E-state index contributed by atoms with van der Waals surface area (Å²) >= 11 is 8.46. The van der Waals surface area contributed by atoms with E-state index in [-0.39, 0.29) is 0 Å². The Morgan fingerprint density at radius 3 is 2.68 bits per heavy atom. The lowest BCUT2D eigenvalue weighted by Crippen LogP contribution is -2.05. The van der Waals surface area contributed by atoms with E-state index in [0.29, 0.717) is 6.54 Å². The van der Waals surface area contributed by atoms with Gasteiger partial charge in [-0.2, -0.15) is 0 Å². The first kappa shape index (κ1) is 17.3. The van der Waals surface area contributed by atoms with Crippen molar-refractivity contribution in [2.75, 3.05) is 0 Å². The number of allylic oxidation sites excluding steroid dienone is 1. The van der Waals surface area contributed by atoms with E-state index in [1.165, 1.54) is 10.4 Å². The topological polar surface area (TPSA) is 43.6 Å². The van der Waals surface area contributed by atoms with E-state index in [1.807, 2.05) is 41.2 Å². The van der Waals surface area contributed by atoms with Crippen LogP contribution in [0, 0.1) is 0 Å². The molecule has 5 rings (SSSR count). The van der Waals surface area contributed by atoms with E-state index in [2.05, 4.69) is 40.0 Å². The molecule has 1 aromatic carbocycles. The highest BCUT2D eigenvalue weighted by atomic mass is 35.5. The minimum Gasteiger partial charge on any atom is -0.251 e. The van der Waals surface area contributed by atoms with Crippen LogP contribution in [0.5, 0.6) is 0 Å². The van der Waals surface area contributed by atoms with Crippen molar-refractivity contribution in [3.8, 4) is 10.6 Å². The molecule has 6 heteroatoms. The number of nitrogens with zero attached hydrogens (tertiary/aromatic N) is 4. The molecule has 1 aliphatic rings. The molecular formula is C22H17ClN4S. The van der Waals surface area contributed by atoms with Crippen LogP contribution in [0.15, 0.2) is 66.2 Å². The van der Waals surface area contributed by atoms with Crippen LogP contribution < -0.4 is 0 Å². The monoisotopic (exact) mass is 404 g/mol. The number of pyridine rings is 1. The lowest BCUT2D eigenvalue weighted by molar-refractivity contribution is 0.649. The quantitative estimate of drug-likeness (QED) is 0.451. The zero-order chi connectivity index (χ0) is 18.9. The minimum atomic E-state index is 0.695. The van der Waals surface area contributed by atoms with E-state index in [4.69, 9.17) is 16.6 Å². The van der Waals surface area contributed by atoms with Crippen molar-refractivity contribution < 1.29 is 0 Å². The highest BCUT2D eigenvalue weighted by molar-refractivity contribution is 7.13. The predicted molar refractivity (Wildman–Crippen MR) is 114 cm³/mol. The molecule has 0 N–H and O–H groups in total. The second-order valence-electron chi connectivity index (χ2n) is 6.75. The average molecular weight is 405 g/mol. The molecule has 0 radical (unpaired) electrons. The van der Waals surface area contributed by atoms with Crippen LogP contribution in [-0.2, 0) is 13.0 Å². The van der Waals surface area contributed by atoms with Crippen molar-refractivity contribution in [3.63, 3.8) is 0 Å². The molecule has 3 heterocycles. The minimum absolute atomic E-state index is 0.695. The summed E-state index contributed by atoms with van der Waals surface area (Å²) in [7, 11) is 0. The van der Waals surface area contributed by atoms with Gasteiger partial charge in [0, 0.05) is 11.1 Å². The summed E-state index contributed by atoms with van der Waals surface area (Å²) < 4.78 is 1.86. The van der Waals surface area contributed by atoms with Gasteiger partial charge in [0.25, 0.3) is 0 Å². The van der Waals surface area contributed by atoms with Crippen molar-refractivity contribution in [2.45, 2.75) is 19.4 Å². The van der Waals surface area contributed by atoms with Crippen LogP contribution in [-0.4, -0.2) is 20.0 Å². The number of hydrogen-bond acceptors (Lipinski definition) is 4. The molecule has 0 fully saturated rings. The standard InChI is InChI=1S/C22H17ClN4S/c23-22-16-9-11-19(21-7-4-12-28-21)24-18(16)10-8-17(22)20-14-27(26-25-20)13-15-5-2-1-3-6-15/h1-7,9,11-12,14H,8,10,13H2. The molecule has 0 spiro atoms. The molecular weight excluding hydrogens is 388 g/mol. The van der Waals surface area contributed by atoms with Crippen LogP contribution in [0.3, 0.4) is 0 Å². The molecule has 0 saturated heterocycles. The Morgan fingerprint density at radius 2 is 1.86 bits per heavy atom. The Morgan fingerprint density at radius 1 is 0.964 bits per heavy atom. The molecule has 0 bridgehead atoms. The van der Waals surface area contributed by atoms with Crippen molar-refractivity contribution in [1.29, 1.82) is 0 Å². The van der Waals surface area contributed by atoms with Gasteiger partial charge in [-0.3, -0.25) is 4.98 Å². The first-order chi connectivity index (χ1) is 13.8. The molecule has 0 atom stereocenters. The number of fused-ring (bicyclic) bond motifs is 1. The van der Waals surface area contributed by atoms with E-state index in [9.17, 15) is 0 Å². The number of halogens is 1. The number of aryl methyl sites for hydroxylation is 1. The van der Waals surface area contributed by atoms with Gasteiger partial charge in [-0.1, -0.05) is 53.2 Å². The number of aromatic nitrogens is 4. The van der Waals surface area contributed by atoms with Crippen LogP contribution in [0.25, 0.3) is 21.2 Å². The van der Waals surface area contributed by atoms with Crippen molar-refractivity contribution in [1.82, 2.24) is 20.0 Å². The first-order valence-electron chi connectivity index (χ1n) is 9.15. The van der Waals surface area contributed by atoms with Crippen molar-refractivity contribution in [2.24, 2.45) is 0 Å². The fourth-order valence-corrected chi connectivity index (χ4v) is 4.55. The third-order valence-corrected chi connectivity index (χ3v) is 6.22. The molecule has 0 unspecified atom stereocenters. The molecule has 28 heavy (non-hydrogen) atoms. The Balaban J connectivity index is 1.44. The van der Waals surface area contributed by atoms with Gasteiger partial charge in [0.15, 0.2) is 0 Å². The molecule has 3 aromatic heterocycles. The van der Waals surface area contributed by atoms with Crippen molar-refractivity contribution in [3.05, 3.63) is 88.7 Å². The van der Waals surface area contributed by atoms with E-state index in [1.54, 1.807) is 11.3 Å². The smallest absolute Gasteiger partial charge is 0.110 e. The lowest BCUT2D eigenvalue weighted by atomic mass is 9.94. The number of rotatable bonds is 4. The van der Waals surface area contributed by atoms with Gasteiger partial charge in [-0.05, 0) is 42.0 Å². The molecule has 0 aliphatic heterocycles. The van der Waals surface area contributed by atoms with Gasteiger partial charge in [-0.15, -0.1) is 16.4 Å². The number of thiophene rings is 1. The van der Waals surface area contributed by atoms with Gasteiger partial charge < -0.3 is 0 Å². The molecule has 0 amide bonds. The van der Waals surface area contributed by atoms with E-state index < -0.39 is 0 Å². The van der Waals surface area contributed by atoms with E-state index >= 15 is 0 Å². The maximum absolute atomic E-state index is 6.76. The average Bonchev–Trinajstić information content (AvgIpc) is 3.41. The van der Waals surface area contributed by atoms with Crippen molar-refractivity contribution >= 4 is 33.5 Å². The molecule has 0 saturated carbocycles. The molecule has 4 aromatic rings. The summed E-state index contributed by atoms with van der Waals surface area (Å²) in [6, 6.07) is 18.5. The molecule has 4 nitrogen and oxygen atoms in total. The van der Waals surface area contributed by atoms with Crippen LogP contribution in [0.1, 0.15) is 28.9 Å². The second-order valence-corrected chi connectivity index (χ2v) is 8.07. The molecule has 138 valence electrons. The van der Waals surface area contributed by atoms with Gasteiger partial charge in [0.1, 0.15) is 5.69 Å². The first-order valence-corrected chi connectivity index (χ1v) is 10.4. The van der Waals surface area contributed by atoms with Crippen LogP contribution >= 0.6 is 22.9 Å². The fourth-order valence-electron chi connectivity index (χ4n) is 3.49. The predicted octanol–water partition coefficient (Wildman–Crippen LogP) is 5.50. The zero-order valence-electron chi connectivity index (χ0n) is 15.0. The third kappa shape index (κ3) is 3.28. The number of benzene rings is 1. The highest BCUT2D eigenvalue weighted by Gasteiger charge is 2.22. The number of hydrogen-bond donors (Lipinski definition) is 0. The summed E-state index contributed by atoms with van der Waals surface area (Å²) in [5, 5.41) is 11.5. The maximum atomic E-state index is 6.76. The van der Waals surface area contributed by atoms with E-state index in [0.717, 1.165) is 46.1 Å². The third-order valence-electron chi connectivity index (χ3n) is 4.90. The summed E-state index contributed by atoms with van der Waals surface area (Å²) in [6.07, 6.45) is 3.64. The summed E-state index contributed by atoms with van der Waals surface area (Å²) in [6.45, 7) is 0.695. The highest BCUT2D eigenvalue weighted by Crippen LogP contribution is 2.39. The maximum Gasteiger partial charge on any atom is 0.110 e. The van der Waals surface area contributed by atoms with Gasteiger partial charge >= 0.3 is 0 Å². The van der Waals surface area contributed by atoms with Crippen LogP contribution in [0.2, 0.25) is 0 Å². The van der Waals surface area contributed by atoms with Crippen LogP contribution in [0.4, 0.5) is 0 Å². The summed E-state index contributed by atoms with van der Waals surface area (Å²) in [5.41, 5.74) is 6.14. The Hall–Kier alpha value is -2.76. The summed E-state index contributed by atoms with van der Waals surface area (Å²) in [4.78, 5) is 6.02. The Kier molecular flexibility index (Phi) is 4.55. The SMILES string of the molecule is ClC1=C(c2cn(Cc3ccccc3)nn2)CCc2nc(-c3cccs3)ccc21.